The molecule has 0 radical (unpaired) electrons. The molecule has 1 aromatic carbocycles. The van der Waals surface area contributed by atoms with E-state index in [-0.39, 0.29) is 11.7 Å². The Labute approximate surface area is 161 Å². The number of benzene rings is 1. The average Bonchev–Trinajstić information content (AvgIpc) is 2.60. The minimum Gasteiger partial charge on any atom is -0.358 e. The fraction of sp³-hybridized carbons (Fsp3) is 0.455. The second-order valence-corrected chi connectivity index (χ2v) is 7.46. The van der Waals surface area contributed by atoms with E-state index in [1.165, 1.54) is 18.9 Å². The van der Waals surface area contributed by atoms with Gasteiger partial charge in [-0.3, -0.25) is 9.59 Å². The van der Waals surface area contributed by atoms with Crippen molar-refractivity contribution in [2.45, 2.75) is 51.5 Å². The molecule has 1 aliphatic heterocycles. The highest BCUT2D eigenvalue weighted by atomic mass is 16.2. The lowest BCUT2D eigenvalue weighted by Crippen LogP contribution is -2.59. The zero-order valence-corrected chi connectivity index (χ0v) is 16.1. The number of rotatable bonds is 5. The first-order valence-corrected chi connectivity index (χ1v) is 9.54. The lowest BCUT2D eigenvalue weighted by atomic mass is 9.83. The van der Waals surface area contributed by atoms with Crippen molar-refractivity contribution in [2.24, 2.45) is 0 Å². The van der Waals surface area contributed by atoms with Crippen molar-refractivity contribution in [1.29, 1.82) is 0 Å². The first kappa shape index (κ1) is 19.0. The third kappa shape index (κ3) is 4.16. The Hall–Kier alpha value is -2.74. The van der Waals surface area contributed by atoms with Gasteiger partial charge in [-0.05, 0) is 62.8 Å². The highest BCUT2D eigenvalue weighted by molar-refractivity contribution is 5.91. The SMILES string of the molecule is C#Cc1cccc(NC(=C2CCC2)N2CCC(NC(C)=O)(C(C)=O)CC2)c1. The average molecular weight is 365 g/mol. The number of hydrogen-bond donors (Lipinski definition) is 2. The van der Waals surface area contributed by atoms with Gasteiger partial charge in [0.05, 0.1) is 0 Å². The van der Waals surface area contributed by atoms with Crippen LogP contribution >= 0.6 is 0 Å². The Morgan fingerprint density at radius 1 is 1.19 bits per heavy atom. The smallest absolute Gasteiger partial charge is 0.217 e. The number of ketones is 1. The van der Waals surface area contributed by atoms with Crippen molar-refractivity contribution in [1.82, 2.24) is 10.2 Å². The molecule has 0 atom stereocenters. The molecule has 142 valence electrons. The van der Waals surface area contributed by atoms with Crippen molar-refractivity contribution in [2.75, 3.05) is 18.4 Å². The number of allylic oxidation sites excluding steroid dienone is 1. The maximum atomic E-state index is 12.2. The number of hydrogen-bond acceptors (Lipinski definition) is 4. The van der Waals surface area contributed by atoms with Crippen LogP contribution in [-0.2, 0) is 9.59 Å². The summed E-state index contributed by atoms with van der Waals surface area (Å²) in [7, 11) is 0. The van der Waals surface area contributed by atoms with Gasteiger partial charge in [0.25, 0.3) is 0 Å². The molecule has 0 spiro atoms. The Bertz CT molecular complexity index is 805. The van der Waals surface area contributed by atoms with E-state index < -0.39 is 5.54 Å². The highest BCUT2D eigenvalue weighted by Gasteiger charge is 2.40. The molecular formula is C22H27N3O2. The predicted octanol–water partition coefficient (Wildman–Crippen LogP) is 3.04. The summed E-state index contributed by atoms with van der Waals surface area (Å²) < 4.78 is 0. The maximum absolute atomic E-state index is 12.2. The summed E-state index contributed by atoms with van der Waals surface area (Å²) in [4.78, 5) is 26.1. The number of amides is 1. The second kappa shape index (κ2) is 7.87. The molecule has 1 heterocycles. The fourth-order valence-electron chi connectivity index (χ4n) is 3.82. The molecule has 2 N–H and O–H groups in total. The molecule has 3 rings (SSSR count). The van der Waals surface area contributed by atoms with Gasteiger partial charge >= 0.3 is 0 Å². The monoisotopic (exact) mass is 365 g/mol. The maximum Gasteiger partial charge on any atom is 0.217 e. The summed E-state index contributed by atoms with van der Waals surface area (Å²) in [6.45, 7) is 4.49. The van der Waals surface area contributed by atoms with Crippen LogP contribution in [0.1, 0.15) is 51.5 Å². The lowest BCUT2D eigenvalue weighted by molar-refractivity contribution is -0.131. The van der Waals surface area contributed by atoms with Crippen LogP contribution in [0.4, 0.5) is 5.69 Å². The molecule has 0 unspecified atom stereocenters. The van der Waals surface area contributed by atoms with E-state index in [0.717, 1.165) is 43.0 Å². The van der Waals surface area contributed by atoms with Crippen LogP contribution < -0.4 is 10.6 Å². The second-order valence-electron chi connectivity index (χ2n) is 7.46. The van der Waals surface area contributed by atoms with Gasteiger partial charge in [-0.25, -0.2) is 0 Å². The molecule has 1 aromatic rings. The zero-order valence-electron chi connectivity index (χ0n) is 16.1. The van der Waals surface area contributed by atoms with Crippen molar-refractivity contribution >= 4 is 17.4 Å². The van der Waals surface area contributed by atoms with Crippen molar-refractivity contribution in [3.05, 3.63) is 41.2 Å². The van der Waals surface area contributed by atoms with E-state index in [9.17, 15) is 9.59 Å². The largest absolute Gasteiger partial charge is 0.358 e. The Kier molecular flexibility index (Phi) is 5.55. The molecule has 1 amide bonds. The van der Waals surface area contributed by atoms with Crippen LogP contribution in [0.25, 0.3) is 0 Å². The summed E-state index contributed by atoms with van der Waals surface area (Å²) in [6.07, 6.45) is 10.2. The number of carbonyl (C=O) groups excluding carboxylic acids is 2. The van der Waals surface area contributed by atoms with E-state index >= 15 is 0 Å². The molecule has 27 heavy (non-hydrogen) atoms. The quantitative estimate of drug-likeness (QED) is 0.788. The van der Waals surface area contributed by atoms with E-state index in [1.807, 2.05) is 24.3 Å². The van der Waals surface area contributed by atoms with Crippen LogP contribution in [-0.4, -0.2) is 35.2 Å². The van der Waals surface area contributed by atoms with Gasteiger partial charge < -0.3 is 15.5 Å². The van der Waals surface area contributed by atoms with Crippen LogP contribution in [0.2, 0.25) is 0 Å². The number of carbonyl (C=O) groups is 2. The lowest BCUT2D eigenvalue weighted by Gasteiger charge is -2.43. The number of anilines is 1. The molecular weight excluding hydrogens is 338 g/mol. The Morgan fingerprint density at radius 2 is 1.89 bits per heavy atom. The van der Waals surface area contributed by atoms with Gasteiger partial charge in [0, 0.05) is 31.3 Å². The van der Waals surface area contributed by atoms with Gasteiger partial charge in [0.1, 0.15) is 11.4 Å². The summed E-state index contributed by atoms with van der Waals surface area (Å²) in [5.74, 6) is 3.69. The summed E-state index contributed by atoms with van der Waals surface area (Å²) in [5.41, 5.74) is 2.50. The van der Waals surface area contributed by atoms with Crippen molar-refractivity contribution in [3.63, 3.8) is 0 Å². The third-order valence-electron chi connectivity index (χ3n) is 5.61. The van der Waals surface area contributed by atoms with Crippen molar-refractivity contribution in [3.8, 4) is 12.3 Å². The topological polar surface area (TPSA) is 61.4 Å². The number of Topliss-reactive ketones (excluding diaryl/α,β-unsaturated/α-hetero) is 1. The van der Waals surface area contributed by atoms with Crippen LogP contribution in [0.3, 0.4) is 0 Å². The highest BCUT2D eigenvalue weighted by Crippen LogP contribution is 2.34. The number of piperidine rings is 1. The molecule has 2 aliphatic rings. The number of terminal acetylenes is 1. The molecule has 1 saturated heterocycles. The van der Waals surface area contributed by atoms with Gasteiger partial charge in [0.2, 0.25) is 5.91 Å². The molecule has 5 nitrogen and oxygen atoms in total. The minimum absolute atomic E-state index is 0.0323. The molecule has 0 bridgehead atoms. The van der Waals surface area contributed by atoms with Crippen molar-refractivity contribution < 1.29 is 9.59 Å². The molecule has 5 heteroatoms. The first-order chi connectivity index (χ1) is 12.9. The van der Waals surface area contributed by atoms with Gasteiger partial charge in [-0.2, -0.15) is 0 Å². The van der Waals surface area contributed by atoms with Gasteiger partial charge in [-0.15, -0.1) is 6.42 Å². The van der Waals surface area contributed by atoms with E-state index in [2.05, 4.69) is 21.5 Å². The van der Waals surface area contributed by atoms with Crippen LogP contribution in [0.5, 0.6) is 0 Å². The van der Waals surface area contributed by atoms with Crippen LogP contribution in [0, 0.1) is 12.3 Å². The molecule has 1 saturated carbocycles. The molecule has 1 aliphatic carbocycles. The summed E-state index contributed by atoms with van der Waals surface area (Å²) in [6, 6.07) is 7.85. The molecule has 0 aromatic heterocycles. The van der Waals surface area contributed by atoms with E-state index in [0.29, 0.717) is 12.8 Å². The third-order valence-corrected chi connectivity index (χ3v) is 5.61. The summed E-state index contributed by atoms with van der Waals surface area (Å²) in [5, 5.41) is 6.46. The summed E-state index contributed by atoms with van der Waals surface area (Å²) >= 11 is 0. The first-order valence-electron chi connectivity index (χ1n) is 9.54. The standard InChI is InChI=1S/C22H27N3O2/c1-4-18-7-5-10-20(15-18)23-21(19-8-6-9-19)25-13-11-22(12-14-25,16(2)26)24-17(3)27/h1,5,7,10,15,23H,6,8-9,11-14H2,2-3H3,(H,24,27). The number of nitrogens with zero attached hydrogens (tertiary/aromatic N) is 1. The predicted molar refractivity (Wildman–Crippen MR) is 107 cm³/mol. The number of likely N-dealkylation sites (tertiary alicyclic amines) is 1. The van der Waals surface area contributed by atoms with Crippen LogP contribution in [0.15, 0.2) is 35.7 Å². The number of nitrogens with one attached hydrogen (secondary N) is 2. The molecule has 2 fully saturated rings. The van der Waals surface area contributed by atoms with Gasteiger partial charge in [0.15, 0.2) is 5.78 Å². The normalized spacial score (nSPS) is 18.1. The Balaban J connectivity index is 1.77. The minimum atomic E-state index is -0.735. The fourth-order valence-corrected chi connectivity index (χ4v) is 3.82. The van der Waals surface area contributed by atoms with E-state index in [1.54, 1.807) is 6.92 Å². The zero-order chi connectivity index (χ0) is 19.4. The van der Waals surface area contributed by atoms with E-state index in [4.69, 9.17) is 6.42 Å². The van der Waals surface area contributed by atoms with Gasteiger partial charge in [-0.1, -0.05) is 12.0 Å². The Morgan fingerprint density at radius 3 is 2.41 bits per heavy atom.